The average molecular weight is 408 g/mol. The molecule has 1 aliphatic carbocycles. The van der Waals surface area contributed by atoms with Gasteiger partial charge in [-0.3, -0.25) is 14.6 Å². The molecule has 0 saturated heterocycles. The number of hydrogen-bond acceptors (Lipinski definition) is 3. The third-order valence-electron chi connectivity index (χ3n) is 5.88. The van der Waals surface area contributed by atoms with Crippen LogP contribution >= 0.6 is 0 Å². The molecule has 1 saturated carbocycles. The number of fused-ring (bicyclic) bond motifs is 1. The fraction of sp³-hybridized carbons (Fsp3) is 0.348. The van der Waals surface area contributed by atoms with Gasteiger partial charge in [0.05, 0.1) is 16.8 Å². The standard InChI is InChI=1S/C23H25FN4O2/c1-3-21(29)27-17-5-6-18(12-17)28(2)23(30)15-4-7-20(26-13-15)16-10-14-8-9-25-22(14)19(24)11-16/h4,7-11,13,17-18,25H,3,5-6,12H2,1-2H3,(H,27,29)/t17-,18+/m0/s1. The van der Waals surface area contributed by atoms with Gasteiger partial charge < -0.3 is 15.2 Å². The summed E-state index contributed by atoms with van der Waals surface area (Å²) in [6.07, 6.45) is 6.20. The monoisotopic (exact) mass is 408 g/mol. The molecule has 1 aromatic carbocycles. The van der Waals surface area contributed by atoms with Crippen LogP contribution in [0.4, 0.5) is 4.39 Å². The summed E-state index contributed by atoms with van der Waals surface area (Å²) in [6.45, 7) is 1.83. The molecule has 6 nitrogen and oxygen atoms in total. The van der Waals surface area contributed by atoms with E-state index in [1.54, 1.807) is 36.5 Å². The second-order valence-corrected chi connectivity index (χ2v) is 7.83. The SMILES string of the molecule is CCC(=O)N[C@H]1CC[C@@H](N(C)C(=O)c2ccc(-c3cc(F)c4[nH]ccc4c3)nc2)C1. The van der Waals surface area contributed by atoms with Gasteiger partial charge in [0.1, 0.15) is 5.82 Å². The summed E-state index contributed by atoms with van der Waals surface area (Å²) in [5, 5.41) is 3.79. The van der Waals surface area contributed by atoms with E-state index in [0.29, 0.717) is 28.8 Å². The molecular weight excluding hydrogens is 383 g/mol. The Labute approximate surface area is 174 Å². The molecule has 2 N–H and O–H groups in total. The highest BCUT2D eigenvalue weighted by Crippen LogP contribution is 2.27. The molecule has 0 unspecified atom stereocenters. The van der Waals surface area contributed by atoms with Crippen LogP contribution < -0.4 is 5.32 Å². The minimum atomic E-state index is -0.333. The van der Waals surface area contributed by atoms with Gasteiger partial charge in [0.2, 0.25) is 5.91 Å². The highest BCUT2D eigenvalue weighted by Gasteiger charge is 2.31. The number of hydrogen-bond donors (Lipinski definition) is 2. The first-order valence-electron chi connectivity index (χ1n) is 10.3. The summed E-state index contributed by atoms with van der Waals surface area (Å²) in [7, 11) is 1.79. The third kappa shape index (κ3) is 3.92. The first-order chi connectivity index (χ1) is 14.5. The molecule has 1 aliphatic rings. The lowest BCUT2D eigenvalue weighted by Gasteiger charge is -2.25. The number of pyridine rings is 1. The van der Waals surface area contributed by atoms with Crippen molar-refractivity contribution >= 4 is 22.7 Å². The zero-order valence-electron chi connectivity index (χ0n) is 17.1. The summed E-state index contributed by atoms with van der Waals surface area (Å²) in [6, 6.07) is 8.80. The van der Waals surface area contributed by atoms with Crippen molar-refractivity contribution in [1.82, 2.24) is 20.2 Å². The van der Waals surface area contributed by atoms with Gasteiger partial charge in [-0.1, -0.05) is 6.92 Å². The van der Waals surface area contributed by atoms with E-state index in [2.05, 4.69) is 15.3 Å². The minimum Gasteiger partial charge on any atom is -0.359 e. The van der Waals surface area contributed by atoms with Crippen molar-refractivity contribution in [2.24, 2.45) is 0 Å². The maximum atomic E-state index is 14.2. The van der Waals surface area contributed by atoms with Gasteiger partial charge in [-0.15, -0.1) is 0 Å². The highest BCUT2D eigenvalue weighted by molar-refractivity contribution is 5.94. The topological polar surface area (TPSA) is 78.1 Å². The molecule has 3 aromatic rings. The average Bonchev–Trinajstić information content (AvgIpc) is 3.42. The van der Waals surface area contributed by atoms with Crippen molar-refractivity contribution in [2.75, 3.05) is 7.05 Å². The molecule has 0 bridgehead atoms. The molecule has 30 heavy (non-hydrogen) atoms. The normalized spacial score (nSPS) is 18.5. The lowest BCUT2D eigenvalue weighted by atomic mass is 10.1. The maximum Gasteiger partial charge on any atom is 0.255 e. The van der Waals surface area contributed by atoms with Crippen molar-refractivity contribution in [3.63, 3.8) is 0 Å². The Kier molecular flexibility index (Phi) is 5.53. The number of carbonyl (C=O) groups is 2. The lowest BCUT2D eigenvalue weighted by Crippen LogP contribution is -2.38. The van der Waals surface area contributed by atoms with E-state index in [0.717, 1.165) is 24.6 Å². The second-order valence-electron chi connectivity index (χ2n) is 7.83. The van der Waals surface area contributed by atoms with E-state index < -0.39 is 0 Å². The van der Waals surface area contributed by atoms with Gasteiger partial charge in [-0.25, -0.2) is 4.39 Å². The van der Waals surface area contributed by atoms with Crippen molar-refractivity contribution in [2.45, 2.75) is 44.7 Å². The molecule has 2 aromatic heterocycles. The summed E-state index contributed by atoms with van der Waals surface area (Å²) in [4.78, 5) is 33.5. The van der Waals surface area contributed by atoms with Gasteiger partial charge in [-0.2, -0.15) is 0 Å². The first kappa shape index (κ1) is 20.1. The van der Waals surface area contributed by atoms with Crippen molar-refractivity contribution in [1.29, 1.82) is 0 Å². The van der Waals surface area contributed by atoms with Crippen LogP contribution in [0.2, 0.25) is 0 Å². The van der Waals surface area contributed by atoms with Gasteiger partial charge in [-0.05, 0) is 49.6 Å². The van der Waals surface area contributed by atoms with Crippen LogP contribution in [0.25, 0.3) is 22.2 Å². The van der Waals surface area contributed by atoms with E-state index >= 15 is 0 Å². The number of aromatic amines is 1. The van der Waals surface area contributed by atoms with Crippen LogP contribution in [0.3, 0.4) is 0 Å². The Morgan fingerprint density at radius 1 is 1.27 bits per heavy atom. The van der Waals surface area contributed by atoms with Crippen molar-refractivity contribution < 1.29 is 14.0 Å². The quantitative estimate of drug-likeness (QED) is 0.672. The molecule has 7 heteroatoms. The first-order valence-corrected chi connectivity index (χ1v) is 10.3. The molecule has 0 aliphatic heterocycles. The summed E-state index contributed by atoms with van der Waals surface area (Å²) >= 11 is 0. The molecule has 156 valence electrons. The molecule has 1 fully saturated rings. The van der Waals surface area contributed by atoms with E-state index in [1.807, 2.05) is 19.1 Å². The number of rotatable bonds is 5. The van der Waals surface area contributed by atoms with Crippen LogP contribution in [-0.4, -0.2) is 45.8 Å². The Bertz CT molecular complexity index is 1080. The van der Waals surface area contributed by atoms with Crippen LogP contribution in [0.5, 0.6) is 0 Å². The van der Waals surface area contributed by atoms with E-state index in [4.69, 9.17) is 0 Å². The summed E-state index contributed by atoms with van der Waals surface area (Å²) in [5.74, 6) is -0.391. The molecule has 0 spiro atoms. The Morgan fingerprint density at radius 2 is 2.10 bits per heavy atom. The smallest absolute Gasteiger partial charge is 0.255 e. The fourth-order valence-corrected chi connectivity index (χ4v) is 4.11. The van der Waals surface area contributed by atoms with Crippen molar-refractivity contribution in [3.05, 3.63) is 54.1 Å². The number of benzene rings is 1. The predicted octanol–water partition coefficient (Wildman–Crippen LogP) is 3.89. The maximum absolute atomic E-state index is 14.2. The fourth-order valence-electron chi connectivity index (χ4n) is 4.11. The van der Waals surface area contributed by atoms with Gasteiger partial charge in [0, 0.05) is 48.9 Å². The van der Waals surface area contributed by atoms with Gasteiger partial charge in [0.15, 0.2) is 0 Å². The zero-order chi connectivity index (χ0) is 21.3. The zero-order valence-corrected chi connectivity index (χ0v) is 17.1. The molecule has 0 radical (unpaired) electrons. The molecule has 4 rings (SSSR count). The number of H-pyrrole nitrogens is 1. The second kappa shape index (κ2) is 8.26. The van der Waals surface area contributed by atoms with Crippen LogP contribution in [0.1, 0.15) is 43.0 Å². The lowest BCUT2D eigenvalue weighted by molar-refractivity contribution is -0.121. The largest absolute Gasteiger partial charge is 0.359 e. The third-order valence-corrected chi connectivity index (χ3v) is 5.88. The summed E-state index contributed by atoms with van der Waals surface area (Å²) in [5.41, 5.74) is 2.24. The highest BCUT2D eigenvalue weighted by atomic mass is 19.1. The number of carbonyl (C=O) groups excluding carboxylic acids is 2. The van der Waals surface area contributed by atoms with Crippen LogP contribution in [-0.2, 0) is 4.79 Å². The van der Waals surface area contributed by atoms with Crippen LogP contribution in [0, 0.1) is 5.82 Å². The number of amides is 2. The molecule has 2 heterocycles. The Morgan fingerprint density at radius 3 is 2.83 bits per heavy atom. The van der Waals surface area contributed by atoms with Gasteiger partial charge in [0.25, 0.3) is 5.91 Å². The van der Waals surface area contributed by atoms with Crippen LogP contribution in [0.15, 0.2) is 42.7 Å². The number of nitrogens with one attached hydrogen (secondary N) is 2. The summed E-state index contributed by atoms with van der Waals surface area (Å²) < 4.78 is 14.2. The molecular formula is C23H25FN4O2. The predicted molar refractivity (Wildman–Crippen MR) is 113 cm³/mol. The number of aromatic nitrogens is 2. The Balaban J connectivity index is 1.45. The van der Waals surface area contributed by atoms with Crippen molar-refractivity contribution in [3.8, 4) is 11.3 Å². The number of nitrogens with zero attached hydrogens (tertiary/aromatic N) is 2. The minimum absolute atomic E-state index is 0.0451. The van der Waals surface area contributed by atoms with E-state index in [-0.39, 0.29) is 29.7 Å². The Hall–Kier alpha value is -3.22. The van der Waals surface area contributed by atoms with Gasteiger partial charge >= 0.3 is 0 Å². The number of halogens is 1. The molecule has 2 amide bonds. The van der Waals surface area contributed by atoms with E-state index in [1.165, 1.54) is 6.07 Å². The van der Waals surface area contributed by atoms with E-state index in [9.17, 15) is 14.0 Å². The molecule has 2 atom stereocenters.